The molecule has 0 aromatic heterocycles. The molecule has 3 saturated heterocycles. The van der Waals surface area contributed by atoms with E-state index in [0.717, 1.165) is 6.42 Å². The van der Waals surface area contributed by atoms with Crippen molar-refractivity contribution in [3.05, 3.63) is 144 Å². The number of aliphatic hydroxyl groups is 1. The van der Waals surface area contributed by atoms with Crippen molar-refractivity contribution in [2.45, 2.75) is 101 Å². The fourth-order valence-corrected chi connectivity index (χ4v) is 7.32. The molecule has 15 nitrogen and oxygen atoms in total. The van der Waals surface area contributed by atoms with Crippen molar-refractivity contribution in [3.63, 3.8) is 0 Å². The topological polar surface area (TPSA) is 181 Å². The number of hydrogen-bond donors (Lipinski definition) is 1. The Labute approximate surface area is 359 Å². The summed E-state index contributed by atoms with van der Waals surface area (Å²) in [4.78, 5) is 53.7. The molecule has 7 rings (SSSR count). The summed E-state index contributed by atoms with van der Waals surface area (Å²) in [6.45, 7) is 4.67. The first kappa shape index (κ1) is 44.5. The first-order valence-electron chi connectivity index (χ1n) is 20.6. The zero-order valence-corrected chi connectivity index (χ0v) is 34.5. The maximum atomic E-state index is 13.8. The summed E-state index contributed by atoms with van der Waals surface area (Å²) in [7, 11) is 0. The van der Waals surface area contributed by atoms with Gasteiger partial charge in [-0.1, -0.05) is 86.1 Å². The lowest BCUT2D eigenvalue weighted by Crippen LogP contribution is -2.65. The molecule has 1 N–H and O–H groups in total. The molecule has 0 amide bonds. The molecule has 0 aliphatic carbocycles. The third-order valence-corrected chi connectivity index (χ3v) is 10.4. The average Bonchev–Trinajstić information content (AvgIpc) is 3.63. The molecule has 0 bridgehead atoms. The lowest BCUT2D eigenvalue weighted by Gasteiger charge is -2.47. The van der Waals surface area contributed by atoms with E-state index in [1.165, 1.54) is 0 Å². The monoisotopic (exact) mass is 854 g/mol. The summed E-state index contributed by atoms with van der Waals surface area (Å²) < 4.78 is 61.8. The van der Waals surface area contributed by atoms with Crippen molar-refractivity contribution in [2.75, 3.05) is 19.8 Å². The van der Waals surface area contributed by atoms with E-state index in [4.69, 9.17) is 47.4 Å². The highest BCUT2D eigenvalue weighted by Crippen LogP contribution is 2.41. The van der Waals surface area contributed by atoms with E-state index in [9.17, 15) is 24.3 Å². The van der Waals surface area contributed by atoms with Gasteiger partial charge in [0.25, 0.3) is 0 Å². The number of ether oxygens (including phenoxy) is 10. The molecule has 3 aliphatic heterocycles. The van der Waals surface area contributed by atoms with E-state index >= 15 is 0 Å². The molecular weight excluding hydrogens is 805 g/mol. The molecule has 0 saturated carbocycles. The van der Waals surface area contributed by atoms with Gasteiger partial charge in [0, 0.05) is 6.61 Å². The van der Waals surface area contributed by atoms with E-state index in [1.54, 1.807) is 135 Å². The molecule has 3 heterocycles. The lowest BCUT2D eigenvalue weighted by molar-refractivity contribution is -0.351. The van der Waals surface area contributed by atoms with E-state index in [2.05, 4.69) is 0 Å². The van der Waals surface area contributed by atoms with Crippen LogP contribution >= 0.6 is 0 Å². The minimum Gasteiger partial charge on any atom is -0.459 e. The van der Waals surface area contributed by atoms with Crippen LogP contribution in [0.15, 0.2) is 121 Å². The van der Waals surface area contributed by atoms with Crippen molar-refractivity contribution < 1.29 is 71.7 Å². The first-order valence-corrected chi connectivity index (χ1v) is 20.6. The van der Waals surface area contributed by atoms with Crippen molar-refractivity contribution in [2.24, 2.45) is 0 Å². The smallest absolute Gasteiger partial charge is 0.338 e. The zero-order chi connectivity index (χ0) is 43.6. The fourth-order valence-electron chi connectivity index (χ4n) is 7.32. The number of aliphatic hydroxyl groups excluding tert-OH is 1. The number of rotatable bonds is 16. The minimum absolute atomic E-state index is 0.179. The van der Waals surface area contributed by atoms with Crippen LogP contribution in [0.25, 0.3) is 0 Å². The van der Waals surface area contributed by atoms with Crippen LogP contribution in [0.2, 0.25) is 0 Å². The van der Waals surface area contributed by atoms with Crippen LogP contribution in [-0.4, -0.2) is 116 Å². The predicted octanol–water partition coefficient (Wildman–Crippen LogP) is 5.68. The molecule has 0 spiro atoms. The molecule has 3 fully saturated rings. The van der Waals surface area contributed by atoms with Gasteiger partial charge in [-0.2, -0.15) is 0 Å². The van der Waals surface area contributed by atoms with Crippen LogP contribution in [-0.2, 0) is 47.4 Å². The molecule has 328 valence electrons. The average molecular weight is 855 g/mol. The van der Waals surface area contributed by atoms with E-state index in [1.807, 2.05) is 6.92 Å². The molecule has 62 heavy (non-hydrogen) atoms. The van der Waals surface area contributed by atoms with Crippen molar-refractivity contribution in [1.29, 1.82) is 0 Å². The summed E-state index contributed by atoms with van der Waals surface area (Å²) in [5.41, 5.74) is 0.974. The highest BCUT2D eigenvalue weighted by atomic mass is 16.8. The maximum Gasteiger partial charge on any atom is 0.338 e. The number of unbranched alkanes of at least 4 members (excludes halogenated alkanes) is 1. The Morgan fingerprint density at radius 1 is 0.565 bits per heavy atom. The van der Waals surface area contributed by atoms with Gasteiger partial charge in [0.15, 0.2) is 30.6 Å². The number of hydrogen-bond acceptors (Lipinski definition) is 15. The van der Waals surface area contributed by atoms with Gasteiger partial charge < -0.3 is 52.5 Å². The maximum absolute atomic E-state index is 13.8. The molecule has 10 atom stereocenters. The quantitative estimate of drug-likeness (QED) is 0.0825. The van der Waals surface area contributed by atoms with Gasteiger partial charge in [0.05, 0.1) is 22.3 Å². The Bertz CT molecular complexity index is 2080. The molecule has 4 unspecified atom stereocenters. The molecule has 4 aromatic rings. The van der Waals surface area contributed by atoms with Gasteiger partial charge in [-0.15, -0.1) is 0 Å². The summed E-state index contributed by atoms with van der Waals surface area (Å²) in [6, 6.07) is 33.1. The van der Waals surface area contributed by atoms with Crippen LogP contribution in [0.3, 0.4) is 0 Å². The molecule has 3 aliphatic rings. The highest BCUT2D eigenvalue weighted by Gasteiger charge is 2.59. The number of esters is 4. The Hall–Kier alpha value is -5.52. The summed E-state index contributed by atoms with van der Waals surface area (Å²) in [5.74, 6) is -4.07. The van der Waals surface area contributed by atoms with Crippen LogP contribution in [0.1, 0.15) is 75.0 Å². The first-order chi connectivity index (χ1) is 30.0. The normalized spacial score (nSPS) is 27.6. The standard InChI is InChI=1S/C47H50O15/c1-4-5-26-53-45-38(58-43(51)31-22-14-8-15-23-31)35(48)36(33(56-45)27-54-41(49)29-18-10-6-11-19-29)60-46-40(59-44(52)32-24-16-9-17-25-32)39-37(61-47(2,3)62-39)34(57-46)28-55-42(50)30-20-12-7-13-21-30/h6-25,33-40,45-46,48H,4-5,26-28H2,1-3H3/t33?,34-,35?,36+,37-,38-,39?,40?,45+,46-/m0/s1. The van der Waals surface area contributed by atoms with Gasteiger partial charge in [-0.3, -0.25) is 0 Å². The zero-order valence-electron chi connectivity index (χ0n) is 34.5. The minimum atomic E-state index is -1.72. The van der Waals surface area contributed by atoms with Crippen LogP contribution in [0.5, 0.6) is 0 Å². The van der Waals surface area contributed by atoms with E-state index in [0.29, 0.717) is 12.0 Å². The molecular formula is C47H50O15. The molecule has 15 heteroatoms. The van der Waals surface area contributed by atoms with Crippen LogP contribution < -0.4 is 0 Å². The third-order valence-electron chi connectivity index (χ3n) is 10.4. The van der Waals surface area contributed by atoms with Gasteiger partial charge in [-0.05, 0) is 68.8 Å². The highest BCUT2D eigenvalue weighted by molar-refractivity contribution is 5.91. The Morgan fingerprint density at radius 2 is 1.00 bits per heavy atom. The van der Waals surface area contributed by atoms with Gasteiger partial charge >= 0.3 is 23.9 Å². The van der Waals surface area contributed by atoms with E-state index < -0.39 is 97.7 Å². The van der Waals surface area contributed by atoms with Crippen molar-refractivity contribution in [3.8, 4) is 0 Å². The van der Waals surface area contributed by atoms with E-state index in [-0.39, 0.29) is 29.9 Å². The third kappa shape index (κ3) is 10.9. The summed E-state index contributed by atoms with van der Waals surface area (Å²) >= 11 is 0. The second-order valence-electron chi connectivity index (χ2n) is 15.4. The largest absolute Gasteiger partial charge is 0.459 e. The van der Waals surface area contributed by atoms with Gasteiger partial charge in [-0.25, -0.2) is 19.2 Å². The second kappa shape index (κ2) is 20.6. The fraction of sp³-hybridized carbons (Fsp3) is 0.404. The number of carbonyl (C=O) groups excluding carboxylic acids is 4. The molecule has 0 radical (unpaired) electrons. The van der Waals surface area contributed by atoms with Gasteiger partial charge in [0.2, 0.25) is 0 Å². The Balaban J connectivity index is 1.23. The SMILES string of the molecule is CCCCO[C@@H]1OC(COC(=O)c2ccccc2)[C@@H](O[C@@H]2O[C@@H](COC(=O)c3ccccc3)[C@@H]3OC(C)(C)OC3C2OC(=O)c2ccccc2)C(O)[C@@H]1OC(=O)c1ccccc1. The van der Waals surface area contributed by atoms with Gasteiger partial charge in [0.1, 0.15) is 49.8 Å². The summed E-state index contributed by atoms with van der Waals surface area (Å²) in [6.07, 6.45) is -12.0. The Morgan fingerprint density at radius 3 is 1.50 bits per heavy atom. The lowest BCUT2D eigenvalue weighted by atomic mass is 9.96. The number of benzene rings is 4. The number of carbonyl (C=O) groups is 4. The predicted molar refractivity (Wildman–Crippen MR) is 218 cm³/mol. The van der Waals surface area contributed by atoms with Crippen LogP contribution in [0, 0.1) is 0 Å². The van der Waals surface area contributed by atoms with Crippen molar-refractivity contribution >= 4 is 23.9 Å². The Kier molecular flexibility index (Phi) is 14.8. The second-order valence-corrected chi connectivity index (χ2v) is 15.4. The molecule has 4 aromatic carbocycles. The number of fused-ring (bicyclic) bond motifs is 1. The van der Waals surface area contributed by atoms with Crippen molar-refractivity contribution in [1.82, 2.24) is 0 Å². The van der Waals surface area contributed by atoms with Crippen LogP contribution in [0.4, 0.5) is 0 Å². The summed E-state index contributed by atoms with van der Waals surface area (Å²) in [5, 5.41) is 12.3.